The van der Waals surface area contributed by atoms with Gasteiger partial charge in [0.25, 0.3) is 0 Å². The number of aromatic amines is 1. The lowest BCUT2D eigenvalue weighted by atomic mass is 9.56. The van der Waals surface area contributed by atoms with Crippen molar-refractivity contribution in [2.24, 2.45) is 5.41 Å². The number of hydrogen-bond acceptors (Lipinski definition) is 5. The molecule has 2 aromatic heterocycles. The number of H-pyrrole nitrogens is 1. The van der Waals surface area contributed by atoms with Gasteiger partial charge in [0.2, 0.25) is 5.89 Å². The third-order valence-electron chi connectivity index (χ3n) is 6.91. The van der Waals surface area contributed by atoms with Crippen LogP contribution in [0, 0.1) is 5.41 Å². The molecule has 2 fully saturated rings. The lowest BCUT2D eigenvalue weighted by Crippen LogP contribution is -2.57. The Balaban J connectivity index is 1.23. The van der Waals surface area contributed by atoms with Gasteiger partial charge in [-0.05, 0) is 85.9 Å². The van der Waals surface area contributed by atoms with Crippen LogP contribution < -0.4 is 0 Å². The molecule has 188 valence electrons. The maximum Gasteiger partial charge on any atom is 0.410 e. The molecule has 1 spiro atoms. The number of aryl methyl sites for hydroxylation is 1. The molecule has 1 amide bonds. The average molecular weight is 568 g/mol. The number of nitrogens with zero attached hydrogens (tertiary/aromatic N) is 3. The highest BCUT2D eigenvalue weighted by Gasteiger charge is 2.60. The van der Waals surface area contributed by atoms with E-state index in [-0.39, 0.29) is 17.4 Å². The zero-order chi connectivity index (χ0) is 25.0. The Morgan fingerprint density at radius 2 is 2.11 bits per heavy atom. The molecule has 1 saturated carbocycles. The van der Waals surface area contributed by atoms with Gasteiger partial charge in [-0.2, -0.15) is 5.10 Å². The summed E-state index contributed by atoms with van der Waals surface area (Å²) >= 11 is 10.1. The molecule has 1 aromatic carbocycles. The van der Waals surface area contributed by atoms with E-state index in [4.69, 9.17) is 20.8 Å². The second-order valence-corrected chi connectivity index (χ2v) is 12.1. The van der Waals surface area contributed by atoms with Gasteiger partial charge in [0, 0.05) is 34.4 Å². The van der Waals surface area contributed by atoms with Gasteiger partial charge >= 0.3 is 6.09 Å². The van der Waals surface area contributed by atoms with Crippen molar-refractivity contribution in [1.82, 2.24) is 20.1 Å². The summed E-state index contributed by atoms with van der Waals surface area (Å²) in [6.07, 6.45) is 6.50. The molecular weight excluding hydrogens is 539 g/mol. The number of rotatable bonds is 4. The molecule has 1 aliphatic carbocycles. The van der Waals surface area contributed by atoms with E-state index in [0.717, 1.165) is 33.8 Å². The highest BCUT2D eigenvalue weighted by Crippen LogP contribution is 2.60. The van der Waals surface area contributed by atoms with Gasteiger partial charge < -0.3 is 14.1 Å². The van der Waals surface area contributed by atoms with Crippen LogP contribution in [0.25, 0.3) is 10.9 Å². The zero-order valence-electron chi connectivity index (χ0n) is 20.1. The van der Waals surface area contributed by atoms with E-state index in [0.29, 0.717) is 49.6 Å². The number of carbonyl (C=O) groups excluding carboxylic acids is 1. The van der Waals surface area contributed by atoms with Gasteiger partial charge in [-0.25, -0.2) is 14.2 Å². The van der Waals surface area contributed by atoms with E-state index < -0.39 is 11.3 Å². The fraction of sp³-hybridized carbons (Fsp3) is 0.560. The van der Waals surface area contributed by atoms with E-state index in [1.165, 1.54) is 0 Å². The van der Waals surface area contributed by atoms with Crippen molar-refractivity contribution < 1.29 is 18.3 Å². The van der Waals surface area contributed by atoms with Crippen LogP contribution in [0.5, 0.6) is 0 Å². The predicted molar refractivity (Wildman–Crippen MR) is 134 cm³/mol. The van der Waals surface area contributed by atoms with Crippen molar-refractivity contribution in [3.05, 3.63) is 45.2 Å². The van der Waals surface area contributed by atoms with Gasteiger partial charge in [0.1, 0.15) is 11.4 Å². The topological polar surface area (TPSA) is 84.2 Å². The molecule has 3 aromatic rings. The molecule has 35 heavy (non-hydrogen) atoms. The second-order valence-electron chi connectivity index (χ2n) is 10.9. The third kappa shape index (κ3) is 4.81. The van der Waals surface area contributed by atoms with Crippen LogP contribution in [0.1, 0.15) is 63.7 Å². The number of likely N-dealkylation sites (tertiary alicyclic amines) is 1. The smallest absolute Gasteiger partial charge is 0.410 e. The number of piperidine rings is 1. The lowest BCUT2D eigenvalue weighted by Gasteiger charge is -2.54. The van der Waals surface area contributed by atoms with Gasteiger partial charge in [0.15, 0.2) is 5.67 Å². The monoisotopic (exact) mass is 566 g/mol. The summed E-state index contributed by atoms with van der Waals surface area (Å²) in [5.74, 6) is 0.746. The van der Waals surface area contributed by atoms with Crippen LogP contribution in [-0.2, 0) is 23.2 Å². The van der Waals surface area contributed by atoms with Gasteiger partial charge in [-0.1, -0.05) is 11.6 Å². The quantitative estimate of drug-likeness (QED) is 0.378. The van der Waals surface area contributed by atoms with Crippen molar-refractivity contribution >= 4 is 44.5 Å². The number of amides is 1. The number of alkyl halides is 1. The highest BCUT2D eigenvalue weighted by molar-refractivity contribution is 9.10. The van der Waals surface area contributed by atoms with Crippen LogP contribution in [0.4, 0.5) is 9.18 Å². The molecule has 3 heterocycles. The maximum absolute atomic E-state index is 15.8. The maximum atomic E-state index is 15.8. The van der Waals surface area contributed by atoms with Crippen molar-refractivity contribution in [3.63, 3.8) is 0 Å². The van der Waals surface area contributed by atoms with Crippen LogP contribution in [0.2, 0.25) is 5.02 Å². The summed E-state index contributed by atoms with van der Waals surface area (Å²) < 4.78 is 28.1. The number of carbonyl (C=O) groups is 1. The first-order chi connectivity index (χ1) is 16.5. The number of nitrogens with one attached hydrogen (secondary N) is 1. The minimum atomic E-state index is -1.61. The second kappa shape index (κ2) is 8.76. The van der Waals surface area contributed by atoms with Crippen LogP contribution in [0.3, 0.4) is 0 Å². The van der Waals surface area contributed by atoms with Gasteiger partial charge in [0.05, 0.1) is 17.9 Å². The first-order valence-corrected chi connectivity index (χ1v) is 13.1. The molecular formula is C25H29BrClFN4O3. The van der Waals surface area contributed by atoms with Gasteiger partial charge in [-0.15, -0.1) is 0 Å². The van der Waals surface area contributed by atoms with Crippen molar-refractivity contribution in [2.75, 3.05) is 13.1 Å². The van der Waals surface area contributed by atoms with Crippen molar-refractivity contribution in [2.45, 2.75) is 70.6 Å². The molecule has 7 nitrogen and oxygen atoms in total. The van der Waals surface area contributed by atoms with E-state index in [9.17, 15) is 4.79 Å². The largest absolute Gasteiger partial charge is 0.444 e. The third-order valence-corrected chi connectivity index (χ3v) is 8.15. The molecule has 0 bridgehead atoms. The SMILES string of the molecule is CC(C)(C)OC(=O)N1CCCC2(C1)CC(F)(c1ncc(CCc3c(Cl)cc4[nH]ncc4c3Br)o1)C2. The number of fused-ring (bicyclic) bond motifs is 1. The standard InChI is InChI=1S/C25H29BrClFN4O3/c1-23(2,3)35-22(33)32-8-4-7-24(14-32)12-25(28,13-24)21-29-10-15(34-21)5-6-16-18(27)9-19-17(20(16)26)11-30-31-19/h9-11H,4-8,12-14H2,1-3H3,(H,30,31). The minimum Gasteiger partial charge on any atom is -0.444 e. The molecule has 2 aliphatic rings. The van der Waals surface area contributed by atoms with Crippen molar-refractivity contribution in [1.29, 1.82) is 0 Å². The molecule has 1 N–H and O–H groups in total. The van der Waals surface area contributed by atoms with Gasteiger partial charge in [-0.3, -0.25) is 5.10 Å². The Morgan fingerprint density at radius 1 is 1.34 bits per heavy atom. The number of oxazole rings is 1. The Bertz CT molecular complexity index is 1260. The first kappa shape index (κ1) is 24.6. The van der Waals surface area contributed by atoms with Crippen LogP contribution in [-0.4, -0.2) is 44.9 Å². The summed E-state index contributed by atoms with van der Waals surface area (Å²) in [7, 11) is 0. The van der Waals surface area contributed by atoms with Crippen LogP contribution >= 0.6 is 27.5 Å². The Morgan fingerprint density at radius 3 is 2.86 bits per heavy atom. The number of aromatic nitrogens is 3. The van der Waals surface area contributed by atoms with Crippen LogP contribution in [0.15, 0.2) is 27.3 Å². The number of halogens is 3. The fourth-order valence-electron chi connectivity index (χ4n) is 5.44. The zero-order valence-corrected chi connectivity index (χ0v) is 22.4. The summed E-state index contributed by atoms with van der Waals surface area (Å²) in [5.41, 5.74) is -0.608. The summed E-state index contributed by atoms with van der Waals surface area (Å²) in [6, 6.07) is 1.85. The Kier molecular flexibility index (Phi) is 6.15. The lowest BCUT2D eigenvalue weighted by molar-refractivity contribution is -0.121. The molecule has 0 radical (unpaired) electrons. The van der Waals surface area contributed by atoms with E-state index >= 15 is 4.39 Å². The Labute approximate surface area is 216 Å². The number of hydrogen-bond donors (Lipinski definition) is 1. The Hall–Kier alpha value is -2.13. The molecule has 10 heteroatoms. The summed E-state index contributed by atoms with van der Waals surface area (Å²) in [5, 5.41) is 8.56. The normalized spacial score (nSPS) is 24.7. The molecule has 1 saturated heterocycles. The van der Waals surface area contributed by atoms with E-state index in [2.05, 4.69) is 31.1 Å². The number of benzene rings is 1. The molecule has 0 atom stereocenters. The fourth-order valence-corrected chi connectivity index (χ4v) is 6.58. The van der Waals surface area contributed by atoms with E-state index in [1.807, 2.05) is 26.8 Å². The highest BCUT2D eigenvalue weighted by atomic mass is 79.9. The minimum absolute atomic E-state index is 0.128. The van der Waals surface area contributed by atoms with Crippen molar-refractivity contribution in [3.8, 4) is 0 Å². The molecule has 0 unspecified atom stereocenters. The first-order valence-electron chi connectivity index (χ1n) is 11.9. The molecule has 1 aliphatic heterocycles. The molecule has 5 rings (SSSR count). The average Bonchev–Trinajstić information content (AvgIpc) is 3.41. The number of ether oxygens (including phenoxy) is 1. The van der Waals surface area contributed by atoms with E-state index in [1.54, 1.807) is 17.3 Å². The summed E-state index contributed by atoms with van der Waals surface area (Å²) in [4.78, 5) is 18.5. The summed E-state index contributed by atoms with van der Waals surface area (Å²) in [6.45, 7) is 6.70. The predicted octanol–water partition coefficient (Wildman–Crippen LogP) is 6.73.